The van der Waals surface area contributed by atoms with Crippen LogP contribution in [0.15, 0.2) is 11.4 Å². The van der Waals surface area contributed by atoms with E-state index in [1.807, 2.05) is 6.07 Å². The van der Waals surface area contributed by atoms with Gasteiger partial charge in [0.05, 0.1) is 6.61 Å². The van der Waals surface area contributed by atoms with Gasteiger partial charge in [0.25, 0.3) is 0 Å². The third-order valence-corrected chi connectivity index (χ3v) is 4.40. The van der Waals surface area contributed by atoms with Crippen LogP contribution >= 0.6 is 11.3 Å². The first-order valence-corrected chi connectivity index (χ1v) is 6.70. The summed E-state index contributed by atoms with van der Waals surface area (Å²) in [6, 6.07) is 1.83. The Hall–Kier alpha value is -0.910. The first kappa shape index (κ1) is 12.5. The molecule has 0 aliphatic heterocycles. The average molecular weight is 255 g/mol. The molecule has 0 bridgehead atoms. The van der Waals surface area contributed by atoms with E-state index in [0.717, 1.165) is 31.2 Å². The van der Waals surface area contributed by atoms with Crippen molar-refractivity contribution < 1.29 is 15.0 Å². The lowest BCUT2D eigenvalue weighted by Gasteiger charge is -2.28. The standard InChI is InChI=1S/C12H17NO3S/c14-8-12(4-1-2-5-12)13-7-9-3-6-17-10(9)11(15)16/h3,6,13-14H,1-2,4-5,7-8H2,(H,15,16). The van der Waals surface area contributed by atoms with Gasteiger partial charge in [0.15, 0.2) is 0 Å². The maximum absolute atomic E-state index is 11.0. The lowest BCUT2D eigenvalue weighted by molar-refractivity contribution is 0.0700. The highest BCUT2D eigenvalue weighted by Crippen LogP contribution is 2.30. The van der Waals surface area contributed by atoms with Crippen LogP contribution < -0.4 is 5.32 Å². The molecule has 94 valence electrons. The Bertz CT molecular complexity index is 396. The van der Waals surface area contributed by atoms with Gasteiger partial charge >= 0.3 is 5.97 Å². The van der Waals surface area contributed by atoms with Crippen molar-refractivity contribution in [3.8, 4) is 0 Å². The van der Waals surface area contributed by atoms with Gasteiger partial charge in [-0.2, -0.15) is 0 Å². The van der Waals surface area contributed by atoms with E-state index in [1.165, 1.54) is 11.3 Å². The summed E-state index contributed by atoms with van der Waals surface area (Å²) in [5.74, 6) is -0.874. The van der Waals surface area contributed by atoms with Crippen molar-refractivity contribution in [3.63, 3.8) is 0 Å². The summed E-state index contributed by atoms with van der Waals surface area (Å²) in [6.45, 7) is 0.644. The highest BCUT2D eigenvalue weighted by atomic mass is 32.1. The maximum Gasteiger partial charge on any atom is 0.346 e. The monoisotopic (exact) mass is 255 g/mol. The molecule has 2 rings (SSSR count). The van der Waals surface area contributed by atoms with Crippen molar-refractivity contribution in [2.45, 2.75) is 37.8 Å². The number of carbonyl (C=O) groups is 1. The van der Waals surface area contributed by atoms with E-state index in [9.17, 15) is 9.90 Å². The molecule has 3 N–H and O–H groups in total. The number of aliphatic hydroxyl groups is 1. The Labute approximate surface area is 104 Å². The zero-order valence-corrected chi connectivity index (χ0v) is 10.4. The molecular formula is C12H17NO3S. The highest BCUT2D eigenvalue weighted by molar-refractivity contribution is 7.12. The molecular weight excluding hydrogens is 238 g/mol. The second kappa shape index (κ2) is 5.16. The summed E-state index contributed by atoms with van der Waals surface area (Å²) in [5.41, 5.74) is 0.611. The van der Waals surface area contributed by atoms with Gasteiger partial charge in [0, 0.05) is 12.1 Å². The fraction of sp³-hybridized carbons (Fsp3) is 0.583. The molecule has 1 aliphatic carbocycles. The van der Waals surface area contributed by atoms with E-state index in [1.54, 1.807) is 5.38 Å². The van der Waals surface area contributed by atoms with Gasteiger partial charge in [-0.1, -0.05) is 12.8 Å². The average Bonchev–Trinajstić information content (AvgIpc) is 2.96. The Morgan fingerprint density at radius 2 is 2.18 bits per heavy atom. The van der Waals surface area contributed by atoms with E-state index >= 15 is 0 Å². The van der Waals surface area contributed by atoms with Crippen LogP contribution in [0.2, 0.25) is 0 Å². The third-order valence-electron chi connectivity index (χ3n) is 3.46. The lowest BCUT2D eigenvalue weighted by Crippen LogP contribution is -2.45. The van der Waals surface area contributed by atoms with Crippen LogP contribution in [0.4, 0.5) is 0 Å². The van der Waals surface area contributed by atoms with Crippen molar-refractivity contribution in [2.24, 2.45) is 0 Å². The first-order valence-electron chi connectivity index (χ1n) is 5.82. The van der Waals surface area contributed by atoms with E-state index in [2.05, 4.69) is 5.32 Å². The van der Waals surface area contributed by atoms with Crippen LogP contribution in [0.5, 0.6) is 0 Å². The van der Waals surface area contributed by atoms with Gasteiger partial charge in [-0.25, -0.2) is 4.79 Å². The molecule has 1 aliphatic rings. The molecule has 1 aromatic rings. The molecule has 1 fully saturated rings. The Morgan fingerprint density at radius 1 is 1.47 bits per heavy atom. The predicted octanol–water partition coefficient (Wildman–Crippen LogP) is 1.84. The van der Waals surface area contributed by atoms with Gasteiger partial charge < -0.3 is 15.5 Å². The quantitative estimate of drug-likeness (QED) is 0.751. The SMILES string of the molecule is O=C(O)c1sccc1CNC1(CO)CCCC1. The molecule has 4 nitrogen and oxygen atoms in total. The van der Waals surface area contributed by atoms with E-state index in [0.29, 0.717) is 11.4 Å². The minimum absolute atomic E-state index is 0.125. The van der Waals surface area contributed by atoms with E-state index in [4.69, 9.17) is 5.11 Å². The highest BCUT2D eigenvalue weighted by Gasteiger charge is 2.32. The Kier molecular flexibility index (Phi) is 3.81. The molecule has 1 heterocycles. The van der Waals surface area contributed by atoms with Gasteiger partial charge in [-0.05, 0) is 29.9 Å². The molecule has 5 heteroatoms. The number of nitrogens with one attached hydrogen (secondary N) is 1. The second-order valence-electron chi connectivity index (χ2n) is 4.58. The molecule has 0 radical (unpaired) electrons. The lowest BCUT2D eigenvalue weighted by atomic mass is 9.98. The maximum atomic E-state index is 11.0. The van der Waals surface area contributed by atoms with Crippen molar-refractivity contribution in [1.29, 1.82) is 0 Å². The predicted molar refractivity (Wildman–Crippen MR) is 66.4 cm³/mol. The molecule has 0 spiro atoms. The van der Waals surface area contributed by atoms with Crippen LogP contribution in [0.25, 0.3) is 0 Å². The Balaban J connectivity index is 2.01. The van der Waals surface area contributed by atoms with Gasteiger partial charge in [0.2, 0.25) is 0 Å². The van der Waals surface area contributed by atoms with E-state index in [-0.39, 0.29) is 12.1 Å². The van der Waals surface area contributed by atoms with Crippen LogP contribution in [0.1, 0.15) is 40.9 Å². The van der Waals surface area contributed by atoms with Crippen LogP contribution in [0, 0.1) is 0 Å². The summed E-state index contributed by atoms with van der Waals surface area (Å²) >= 11 is 1.24. The number of carboxylic acids is 1. The number of aliphatic hydroxyl groups excluding tert-OH is 1. The van der Waals surface area contributed by atoms with Gasteiger partial charge in [-0.15, -0.1) is 11.3 Å². The number of carboxylic acid groups (broad SMARTS) is 1. The summed E-state index contributed by atoms with van der Waals surface area (Å²) in [4.78, 5) is 11.4. The smallest absolute Gasteiger partial charge is 0.346 e. The van der Waals surface area contributed by atoms with Crippen LogP contribution in [0.3, 0.4) is 0 Å². The van der Waals surface area contributed by atoms with Crippen molar-refractivity contribution in [2.75, 3.05) is 6.61 Å². The first-order chi connectivity index (χ1) is 8.17. The normalized spacial score (nSPS) is 18.4. The zero-order valence-electron chi connectivity index (χ0n) is 9.61. The molecule has 0 unspecified atom stereocenters. The summed E-state index contributed by atoms with van der Waals surface area (Å²) in [5, 5.41) is 23.6. The van der Waals surface area contributed by atoms with Crippen LogP contribution in [-0.2, 0) is 6.54 Å². The third kappa shape index (κ3) is 2.68. The fourth-order valence-electron chi connectivity index (χ4n) is 2.39. The summed E-state index contributed by atoms with van der Waals surface area (Å²) in [6.07, 6.45) is 4.19. The summed E-state index contributed by atoms with van der Waals surface area (Å²) < 4.78 is 0. The Morgan fingerprint density at radius 3 is 2.76 bits per heavy atom. The van der Waals surface area contributed by atoms with Crippen molar-refractivity contribution >= 4 is 17.3 Å². The number of hydrogen-bond acceptors (Lipinski definition) is 4. The number of rotatable bonds is 5. The molecule has 0 atom stereocenters. The van der Waals surface area contributed by atoms with Crippen LogP contribution in [-0.4, -0.2) is 28.3 Å². The molecule has 0 amide bonds. The number of aromatic carboxylic acids is 1. The second-order valence-corrected chi connectivity index (χ2v) is 5.50. The number of hydrogen-bond donors (Lipinski definition) is 3. The molecule has 1 aromatic heterocycles. The van der Waals surface area contributed by atoms with Gasteiger partial charge in [0.1, 0.15) is 4.88 Å². The number of thiophene rings is 1. The fourth-order valence-corrected chi connectivity index (χ4v) is 3.15. The largest absolute Gasteiger partial charge is 0.477 e. The summed E-state index contributed by atoms with van der Waals surface area (Å²) in [7, 11) is 0. The molecule has 17 heavy (non-hydrogen) atoms. The van der Waals surface area contributed by atoms with E-state index < -0.39 is 5.97 Å². The van der Waals surface area contributed by atoms with Crippen molar-refractivity contribution in [3.05, 3.63) is 21.9 Å². The molecule has 0 aromatic carbocycles. The minimum atomic E-state index is -0.874. The topological polar surface area (TPSA) is 69.6 Å². The minimum Gasteiger partial charge on any atom is -0.477 e. The van der Waals surface area contributed by atoms with Gasteiger partial charge in [-0.3, -0.25) is 0 Å². The van der Waals surface area contributed by atoms with Crippen molar-refractivity contribution in [1.82, 2.24) is 5.32 Å². The zero-order chi connectivity index (χ0) is 12.3. The molecule has 1 saturated carbocycles. The molecule has 0 saturated heterocycles.